The Kier molecular flexibility index (Phi) is 5.11. The molecule has 2 heterocycles. The summed E-state index contributed by atoms with van der Waals surface area (Å²) in [5, 5.41) is 12.8. The summed E-state index contributed by atoms with van der Waals surface area (Å²) in [6.45, 7) is 2.38. The van der Waals surface area contributed by atoms with Crippen molar-refractivity contribution in [3.05, 3.63) is 35.7 Å². The fraction of sp³-hybridized carbons (Fsp3) is 0.444. The minimum Gasteiger partial charge on any atom is -0.481 e. The lowest BCUT2D eigenvalue weighted by Crippen LogP contribution is -2.44. The zero-order chi connectivity index (χ0) is 17.8. The maximum atomic E-state index is 13.0. The molecule has 1 fully saturated rings. The lowest BCUT2D eigenvalue weighted by molar-refractivity contribution is -0.137. The largest absolute Gasteiger partial charge is 0.481 e. The summed E-state index contributed by atoms with van der Waals surface area (Å²) < 4.78 is 4.99. The molecule has 0 aliphatic carbocycles. The Balaban J connectivity index is 1.80. The van der Waals surface area contributed by atoms with Gasteiger partial charge < -0.3 is 14.5 Å². The number of amides is 1. The number of nitrogens with zero attached hydrogens (tertiary/aromatic N) is 3. The molecule has 0 spiro atoms. The Labute approximate surface area is 145 Å². The molecule has 0 saturated carbocycles. The first-order valence-electron chi connectivity index (χ1n) is 8.48. The number of benzene rings is 1. The number of hydrogen-bond acceptors (Lipinski definition) is 5. The molecular formula is C18H21N3O4. The Hall–Kier alpha value is -2.70. The molecule has 1 aromatic heterocycles. The van der Waals surface area contributed by atoms with Crippen LogP contribution in [0.15, 0.2) is 28.8 Å². The van der Waals surface area contributed by atoms with Crippen LogP contribution in [0, 0.1) is 6.92 Å². The summed E-state index contributed by atoms with van der Waals surface area (Å²) in [4.78, 5) is 29.8. The van der Waals surface area contributed by atoms with Gasteiger partial charge in [-0.1, -0.05) is 17.3 Å². The molecule has 1 aliphatic heterocycles. The number of carboxylic acids is 1. The number of rotatable bonds is 5. The van der Waals surface area contributed by atoms with Crippen LogP contribution in [0.2, 0.25) is 0 Å². The predicted octanol–water partition coefficient (Wildman–Crippen LogP) is 2.90. The van der Waals surface area contributed by atoms with Crippen LogP contribution < -0.4 is 0 Å². The van der Waals surface area contributed by atoms with Crippen LogP contribution in [0.3, 0.4) is 0 Å². The molecule has 132 valence electrons. The van der Waals surface area contributed by atoms with Crippen molar-refractivity contribution in [1.82, 2.24) is 15.0 Å². The highest BCUT2D eigenvalue weighted by molar-refractivity contribution is 5.95. The van der Waals surface area contributed by atoms with Gasteiger partial charge in [-0.05, 0) is 37.8 Å². The van der Waals surface area contributed by atoms with Gasteiger partial charge in [-0.2, -0.15) is 4.98 Å². The topological polar surface area (TPSA) is 96.5 Å². The summed E-state index contributed by atoms with van der Waals surface area (Å²) in [6, 6.07) is 7.13. The van der Waals surface area contributed by atoms with Crippen LogP contribution in [0.1, 0.15) is 48.4 Å². The van der Waals surface area contributed by atoms with Gasteiger partial charge in [0.2, 0.25) is 11.7 Å². The lowest BCUT2D eigenvalue weighted by atomic mass is 9.96. The lowest BCUT2D eigenvalue weighted by Gasteiger charge is -2.35. The molecule has 3 rings (SSSR count). The van der Waals surface area contributed by atoms with Gasteiger partial charge in [0, 0.05) is 37.1 Å². The molecule has 25 heavy (non-hydrogen) atoms. The zero-order valence-corrected chi connectivity index (χ0v) is 14.1. The van der Waals surface area contributed by atoms with Crippen LogP contribution in [0.4, 0.5) is 0 Å². The molecular weight excluding hydrogens is 322 g/mol. The van der Waals surface area contributed by atoms with Gasteiger partial charge in [0.05, 0.1) is 0 Å². The number of carbonyl (C=O) groups excluding carboxylic acids is 1. The maximum absolute atomic E-state index is 13.0. The first-order chi connectivity index (χ1) is 12.0. The average Bonchev–Trinajstić information content (AvgIpc) is 3.06. The fourth-order valence-electron chi connectivity index (χ4n) is 3.23. The SMILES string of the molecule is Cc1nc(-c2cccc(C(=O)N3CCCC[C@H]3CCC(=O)O)c2)no1. The highest BCUT2D eigenvalue weighted by atomic mass is 16.5. The summed E-state index contributed by atoms with van der Waals surface area (Å²) >= 11 is 0. The Morgan fingerprint density at radius 1 is 1.36 bits per heavy atom. The van der Waals surface area contributed by atoms with Crippen molar-refractivity contribution in [2.75, 3.05) is 6.54 Å². The molecule has 1 saturated heterocycles. The van der Waals surface area contributed by atoms with Crippen molar-refractivity contribution in [1.29, 1.82) is 0 Å². The van der Waals surface area contributed by atoms with E-state index in [9.17, 15) is 9.59 Å². The summed E-state index contributed by atoms with van der Waals surface area (Å²) in [5.74, 6) is 0.0225. The van der Waals surface area contributed by atoms with E-state index in [1.54, 1.807) is 25.1 Å². The number of likely N-dealkylation sites (tertiary alicyclic amines) is 1. The van der Waals surface area contributed by atoms with E-state index in [2.05, 4.69) is 10.1 Å². The highest BCUT2D eigenvalue weighted by Gasteiger charge is 2.28. The predicted molar refractivity (Wildman–Crippen MR) is 90.0 cm³/mol. The van der Waals surface area contributed by atoms with Crippen molar-refractivity contribution in [3.63, 3.8) is 0 Å². The molecule has 1 aromatic carbocycles. The first kappa shape index (κ1) is 17.1. The quantitative estimate of drug-likeness (QED) is 0.896. The number of piperidine rings is 1. The zero-order valence-electron chi connectivity index (χ0n) is 14.1. The van der Waals surface area contributed by atoms with E-state index < -0.39 is 5.97 Å². The number of carbonyl (C=O) groups is 2. The second-order valence-electron chi connectivity index (χ2n) is 6.30. The van der Waals surface area contributed by atoms with Crippen LogP contribution in [0.5, 0.6) is 0 Å². The third-order valence-electron chi connectivity index (χ3n) is 4.47. The minimum atomic E-state index is -0.826. The van der Waals surface area contributed by atoms with Crippen molar-refractivity contribution < 1.29 is 19.2 Å². The molecule has 1 amide bonds. The van der Waals surface area contributed by atoms with Crippen molar-refractivity contribution >= 4 is 11.9 Å². The Morgan fingerprint density at radius 3 is 2.92 bits per heavy atom. The molecule has 0 unspecified atom stereocenters. The van der Waals surface area contributed by atoms with E-state index in [-0.39, 0.29) is 18.4 Å². The molecule has 0 radical (unpaired) electrons. The van der Waals surface area contributed by atoms with Gasteiger partial charge in [0.1, 0.15) is 0 Å². The van der Waals surface area contributed by atoms with Gasteiger partial charge in [-0.3, -0.25) is 9.59 Å². The van der Waals surface area contributed by atoms with Gasteiger partial charge in [0.15, 0.2) is 0 Å². The normalized spacial score (nSPS) is 17.5. The first-order valence-corrected chi connectivity index (χ1v) is 8.48. The summed E-state index contributed by atoms with van der Waals surface area (Å²) in [5.41, 5.74) is 1.28. The van der Waals surface area contributed by atoms with E-state index in [1.165, 1.54) is 0 Å². The molecule has 2 aromatic rings. The van der Waals surface area contributed by atoms with E-state index in [1.807, 2.05) is 11.0 Å². The van der Waals surface area contributed by atoms with Gasteiger partial charge in [-0.25, -0.2) is 0 Å². The summed E-state index contributed by atoms with van der Waals surface area (Å²) in [6.07, 6.45) is 3.39. The monoisotopic (exact) mass is 343 g/mol. The Bertz CT molecular complexity index is 771. The maximum Gasteiger partial charge on any atom is 0.303 e. The van der Waals surface area contributed by atoms with E-state index in [0.717, 1.165) is 24.8 Å². The van der Waals surface area contributed by atoms with Crippen molar-refractivity contribution in [3.8, 4) is 11.4 Å². The summed E-state index contributed by atoms with van der Waals surface area (Å²) in [7, 11) is 0. The highest BCUT2D eigenvalue weighted by Crippen LogP contribution is 2.24. The smallest absolute Gasteiger partial charge is 0.303 e. The second-order valence-corrected chi connectivity index (χ2v) is 6.30. The number of aryl methyl sites for hydroxylation is 1. The standard InChI is InChI=1S/C18H21N3O4/c1-12-19-17(20-25-12)13-5-4-6-14(11-13)18(24)21-10-3-2-7-15(21)8-9-16(22)23/h4-6,11,15H,2-3,7-10H2,1H3,(H,22,23)/t15-/m0/s1. The van der Waals surface area contributed by atoms with Crippen LogP contribution in [0.25, 0.3) is 11.4 Å². The van der Waals surface area contributed by atoms with Gasteiger partial charge in [0.25, 0.3) is 5.91 Å². The van der Waals surface area contributed by atoms with E-state index in [4.69, 9.17) is 9.63 Å². The second kappa shape index (κ2) is 7.46. The van der Waals surface area contributed by atoms with Crippen LogP contribution in [-0.2, 0) is 4.79 Å². The molecule has 1 N–H and O–H groups in total. The number of hydrogen-bond donors (Lipinski definition) is 1. The molecule has 1 atom stereocenters. The van der Waals surface area contributed by atoms with Crippen LogP contribution >= 0.6 is 0 Å². The molecule has 1 aliphatic rings. The van der Waals surface area contributed by atoms with Crippen LogP contribution in [-0.4, -0.2) is 44.6 Å². The number of aliphatic carboxylic acids is 1. The number of aromatic nitrogens is 2. The van der Waals surface area contributed by atoms with Gasteiger partial charge >= 0.3 is 5.97 Å². The molecule has 7 heteroatoms. The van der Waals surface area contributed by atoms with Gasteiger partial charge in [-0.15, -0.1) is 0 Å². The van der Waals surface area contributed by atoms with E-state index in [0.29, 0.717) is 30.2 Å². The number of carboxylic acid groups (broad SMARTS) is 1. The van der Waals surface area contributed by atoms with Crippen molar-refractivity contribution in [2.45, 2.75) is 45.1 Å². The average molecular weight is 343 g/mol. The third kappa shape index (κ3) is 4.04. The third-order valence-corrected chi connectivity index (χ3v) is 4.47. The molecule has 0 bridgehead atoms. The fourth-order valence-corrected chi connectivity index (χ4v) is 3.23. The Morgan fingerprint density at radius 2 is 2.20 bits per heavy atom. The molecule has 7 nitrogen and oxygen atoms in total. The minimum absolute atomic E-state index is 0.0200. The van der Waals surface area contributed by atoms with E-state index >= 15 is 0 Å². The van der Waals surface area contributed by atoms with Crippen molar-refractivity contribution in [2.24, 2.45) is 0 Å².